The van der Waals surface area contributed by atoms with Crippen LogP contribution in [0.25, 0.3) is 10.8 Å². The van der Waals surface area contributed by atoms with Crippen LogP contribution in [0.1, 0.15) is 24.2 Å². The molecule has 0 radical (unpaired) electrons. The minimum atomic E-state index is -0.0550. The van der Waals surface area contributed by atoms with Crippen LogP contribution in [0, 0.1) is 5.92 Å². The third kappa shape index (κ3) is 3.39. The van der Waals surface area contributed by atoms with Gasteiger partial charge in [-0.05, 0) is 22.8 Å². The fraction of sp³-hybridized carbons (Fsp3) is 0.278. The van der Waals surface area contributed by atoms with Crippen LogP contribution in [0.15, 0.2) is 54.9 Å². The van der Waals surface area contributed by atoms with E-state index in [-0.39, 0.29) is 17.9 Å². The monoisotopic (exact) mass is 308 g/mol. The van der Waals surface area contributed by atoms with Crippen LogP contribution in [0.2, 0.25) is 0 Å². The second-order valence-corrected chi connectivity index (χ2v) is 5.98. The molecule has 1 aromatic heterocycles. The predicted octanol–water partition coefficient (Wildman–Crippen LogP) is 2.89. The maximum Gasteiger partial charge on any atom is 0.252 e. The fourth-order valence-electron chi connectivity index (χ4n) is 2.62. The number of rotatable bonds is 5. The van der Waals surface area contributed by atoms with Gasteiger partial charge in [-0.3, -0.25) is 9.48 Å². The molecule has 0 bridgehead atoms. The van der Waals surface area contributed by atoms with Gasteiger partial charge < -0.3 is 5.32 Å². The highest BCUT2D eigenvalue weighted by Gasteiger charge is 2.19. The van der Waals surface area contributed by atoms with Gasteiger partial charge in [0, 0.05) is 11.8 Å². The van der Waals surface area contributed by atoms with Crippen LogP contribution in [0.5, 0.6) is 0 Å². The van der Waals surface area contributed by atoms with Crippen molar-refractivity contribution in [1.29, 1.82) is 0 Å². The van der Waals surface area contributed by atoms with Gasteiger partial charge in [-0.1, -0.05) is 55.5 Å². The van der Waals surface area contributed by atoms with Gasteiger partial charge in [-0.2, -0.15) is 0 Å². The Hall–Kier alpha value is -2.69. The highest BCUT2D eigenvalue weighted by molar-refractivity contribution is 6.07. The van der Waals surface area contributed by atoms with Crippen molar-refractivity contribution in [2.75, 3.05) is 0 Å². The van der Waals surface area contributed by atoms with Crippen molar-refractivity contribution in [2.45, 2.75) is 26.4 Å². The average molecular weight is 308 g/mol. The van der Waals surface area contributed by atoms with E-state index in [0.717, 1.165) is 10.8 Å². The molecular formula is C18H20N4O. The van der Waals surface area contributed by atoms with Gasteiger partial charge in [0.1, 0.15) is 0 Å². The molecule has 5 heteroatoms. The molecule has 1 unspecified atom stereocenters. The first-order chi connectivity index (χ1) is 11.1. The number of nitrogens with zero attached hydrogens (tertiary/aromatic N) is 3. The highest BCUT2D eigenvalue weighted by atomic mass is 16.1. The van der Waals surface area contributed by atoms with E-state index in [1.807, 2.05) is 42.5 Å². The Kier molecular flexibility index (Phi) is 4.37. The first-order valence-corrected chi connectivity index (χ1v) is 7.78. The van der Waals surface area contributed by atoms with Crippen molar-refractivity contribution in [2.24, 2.45) is 5.92 Å². The van der Waals surface area contributed by atoms with Gasteiger partial charge in [0.15, 0.2) is 0 Å². The van der Waals surface area contributed by atoms with Crippen molar-refractivity contribution < 1.29 is 4.79 Å². The minimum absolute atomic E-state index is 0.0110. The summed E-state index contributed by atoms with van der Waals surface area (Å²) in [5, 5.41) is 13.0. The fourth-order valence-corrected chi connectivity index (χ4v) is 2.62. The van der Waals surface area contributed by atoms with Crippen molar-refractivity contribution in [3.8, 4) is 0 Å². The van der Waals surface area contributed by atoms with Crippen LogP contribution in [-0.4, -0.2) is 26.9 Å². The first kappa shape index (κ1) is 15.2. The molecule has 1 amide bonds. The Bertz CT molecular complexity index is 790. The van der Waals surface area contributed by atoms with E-state index in [1.54, 1.807) is 17.1 Å². The number of amides is 1. The van der Waals surface area contributed by atoms with Gasteiger partial charge >= 0.3 is 0 Å². The molecule has 23 heavy (non-hydrogen) atoms. The van der Waals surface area contributed by atoms with E-state index >= 15 is 0 Å². The molecule has 0 spiro atoms. The van der Waals surface area contributed by atoms with E-state index in [0.29, 0.717) is 12.1 Å². The van der Waals surface area contributed by atoms with Crippen molar-refractivity contribution in [3.05, 3.63) is 60.4 Å². The highest BCUT2D eigenvalue weighted by Crippen LogP contribution is 2.19. The summed E-state index contributed by atoms with van der Waals surface area (Å²) in [6, 6.07) is 13.7. The lowest BCUT2D eigenvalue weighted by Crippen LogP contribution is -2.41. The lowest BCUT2D eigenvalue weighted by molar-refractivity contribution is 0.0921. The number of hydrogen-bond acceptors (Lipinski definition) is 3. The van der Waals surface area contributed by atoms with Gasteiger partial charge in [0.2, 0.25) is 0 Å². The standard InChI is InChI=1S/C18H20N4O/c1-13(2)17(12-22-11-10-19-21-22)20-18(23)16-9-5-7-14-6-3-4-8-15(14)16/h3-11,13,17H,12H2,1-2H3,(H,20,23). The zero-order valence-electron chi connectivity index (χ0n) is 13.3. The van der Waals surface area contributed by atoms with Gasteiger partial charge in [0.25, 0.3) is 5.91 Å². The van der Waals surface area contributed by atoms with Crippen molar-refractivity contribution in [3.63, 3.8) is 0 Å². The predicted molar refractivity (Wildman–Crippen MR) is 90.1 cm³/mol. The first-order valence-electron chi connectivity index (χ1n) is 7.78. The third-order valence-electron chi connectivity index (χ3n) is 4.01. The SMILES string of the molecule is CC(C)C(Cn1ccnn1)NC(=O)c1cccc2ccccc12. The quantitative estimate of drug-likeness (QED) is 0.788. The molecule has 0 saturated heterocycles. The Labute approximate surface area is 135 Å². The summed E-state index contributed by atoms with van der Waals surface area (Å²) < 4.78 is 1.74. The van der Waals surface area contributed by atoms with Crippen LogP contribution in [-0.2, 0) is 6.54 Å². The van der Waals surface area contributed by atoms with Crippen LogP contribution in [0.3, 0.4) is 0 Å². The summed E-state index contributed by atoms with van der Waals surface area (Å²) >= 11 is 0. The van der Waals surface area contributed by atoms with E-state index < -0.39 is 0 Å². The molecular weight excluding hydrogens is 288 g/mol. The normalized spacial score (nSPS) is 12.5. The lowest BCUT2D eigenvalue weighted by atomic mass is 10.0. The van der Waals surface area contributed by atoms with Gasteiger partial charge in [-0.25, -0.2) is 0 Å². The zero-order valence-corrected chi connectivity index (χ0v) is 13.3. The van der Waals surface area contributed by atoms with E-state index in [1.165, 1.54) is 0 Å². The molecule has 0 fully saturated rings. The van der Waals surface area contributed by atoms with Crippen LogP contribution < -0.4 is 5.32 Å². The smallest absolute Gasteiger partial charge is 0.252 e. The van der Waals surface area contributed by atoms with Gasteiger partial charge in [-0.15, -0.1) is 5.10 Å². The summed E-state index contributed by atoms with van der Waals surface area (Å²) in [5.41, 5.74) is 0.701. The van der Waals surface area contributed by atoms with Gasteiger partial charge in [0.05, 0.1) is 18.8 Å². The topological polar surface area (TPSA) is 59.8 Å². The molecule has 2 aromatic carbocycles. The Balaban J connectivity index is 1.83. The summed E-state index contributed by atoms with van der Waals surface area (Å²) in [7, 11) is 0. The van der Waals surface area contributed by atoms with E-state index in [9.17, 15) is 4.79 Å². The van der Waals surface area contributed by atoms with Crippen LogP contribution in [0.4, 0.5) is 0 Å². The third-order valence-corrected chi connectivity index (χ3v) is 4.01. The number of nitrogens with one attached hydrogen (secondary N) is 1. The molecule has 0 aliphatic rings. The number of carbonyl (C=O) groups is 1. The molecule has 3 rings (SSSR count). The number of benzene rings is 2. The van der Waals surface area contributed by atoms with Crippen LogP contribution >= 0.6 is 0 Å². The number of aromatic nitrogens is 3. The molecule has 0 aliphatic heterocycles. The second-order valence-electron chi connectivity index (χ2n) is 5.98. The summed E-state index contributed by atoms with van der Waals surface area (Å²) in [6.07, 6.45) is 3.45. The second kappa shape index (κ2) is 6.60. The molecule has 1 atom stereocenters. The molecule has 5 nitrogen and oxygen atoms in total. The number of hydrogen-bond donors (Lipinski definition) is 1. The van der Waals surface area contributed by atoms with Crippen molar-refractivity contribution in [1.82, 2.24) is 20.3 Å². The van der Waals surface area contributed by atoms with Crippen molar-refractivity contribution >= 4 is 16.7 Å². The zero-order chi connectivity index (χ0) is 16.2. The Morgan fingerprint density at radius 2 is 1.96 bits per heavy atom. The molecule has 0 aliphatic carbocycles. The average Bonchev–Trinajstić information content (AvgIpc) is 3.06. The summed E-state index contributed by atoms with van der Waals surface area (Å²) in [5.74, 6) is 0.235. The maximum absolute atomic E-state index is 12.7. The minimum Gasteiger partial charge on any atom is -0.347 e. The Morgan fingerprint density at radius 3 is 2.70 bits per heavy atom. The molecule has 3 aromatic rings. The molecule has 1 heterocycles. The maximum atomic E-state index is 12.7. The number of fused-ring (bicyclic) bond motifs is 1. The number of carbonyl (C=O) groups excluding carboxylic acids is 1. The van der Waals surface area contributed by atoms with E-state index in [4.69, 9.17) is 0 Å². The summed E-state index contributed by atoms with van der Waals surface area (Å²) in [4.78, 5) is 12.7. The Morgan fingerprint density at radius 1 is 1.17 bits per heavy atom. The molecule has 1 N–H and O–H groups in total. The largest absolute Gasteiger partial charge is 0.347 e. The molecule has 118 valence electrons. The summed E-state index contributed by atoms with van der Waals surface area (Å²) in [6.45, 7) is 4.78. The molecule has 0 saturated carbocycles. The van der Waals surface area contributed by atoms with E-state index in [2.05, 4.69) is 29.5 Å². The lowest BCUT2D eigenvalue weighted by Gasteiger charge is -2.22.